The molecule has 1 amide bonds. The number of para-hydroxylation sites is 1. The van der Waals surface area contributed by atoms with Crippen LogP contribution in [0.2, 0.25) is 0 Å². The smallest absolute Gasteiger partial charge is 0.248 e. The molecule has 0 radical (unpaired) electrons. The zero-order valence-corrected chi connectivity index (χ0v) is 18.4. The third-order valence-electron chi connectivity index (χ3n) is 5.91. The van der Waals surface area contributed by atoms with Crippen LogP contribution in [0.25, 0.3) is 0 Å². The number of aryl methyl sites for hydroxylation is 1. The molecule has 31 heavy (non-hydrogen) atoms. The highest BCUT2D eigenvalue weighted by atomic mass is 16.2. The van der Waals surface area contributed by atoms with Crippen molar-refractivity contribution in [3.63, 3.8) is 0 Å². The molecule has 0 aliphatic carbocycles. The van der Waals surface area contributed by atoms with Gasteiger partial charge in [-0.1, -0.05) is 30.3 Å². The third kappa shape index (κ3) is 3.95. The molecule has 0 saturated heterocycles. The summed E-state index contributed by atoms with van der Waals surface area (Å²) in [5.41, 5.74) is 4.71. The number of carbonyl (C=O) groups is 1. The van der Waals surface area contributed by atoms with Gasteiger partial charge in [-0.25, -0.2) is 9.67 Å². The van der Waals surface area contributed by atoms with Gasteiger partial charge >= 0.3 is 0 Å². The van der Waals surface area contributed by atoms with Crippen LogP contribution in [-0.4, -0.2) is 39.5 Å². The Morgan fingerprint density at radius 1 is 1.06 bits per heavy atom. The van der Waals surface area contributed by atoms with Gasteiger partial charge in [-0.2, -0.15) is 10.1 Å². The Labute approximate surface area is 182 Å². The van der Waals surface area contributed by atoms with E-state index in [2.05, 4.69) is 63.4 Å². The lowest BCUT2D eigenvalue weighted by Gasteiger charge is -2.31. The lowest BCUT2D eigenvalue weighted by atomic mass is 9.87. The molecule has 1 N–H and O–H groups in total. The van der Waals surface area contributed by atoms with Gasteiger partial charge in [-0.05, 0) is 57.0 Å². The van der Waals surface area contributed by atoms with E-state index in [1.165, 1.54) is 6.33 Å². The van der Waals surface area contributed by atoms with Crippen LogP contribution >= 0.6 is 0 Å². The van der Waals surface area contributed by atoms with E-state index in [9.17, 15) is 4.79 Å². The molecule has 1 aliphatic heterocycles. The number of carbonyl (C=O) groups excluding carboxylic acids is 1. The van der Waals surface area contributed by atoms with Gasteiger partial charge in [0.25, 0.3) is 0 Å². The first-order valence-electron chi connectivity index (χ1n) is 10.7. The number of aliphatic imine (C=N–C) groups is 1. The second-order valence-electron chi connectivity index (χ2n) is 7.75. The number of nitrogens with one attached hydrogen (secondary N) is 1. The Kier molecular flexibility index (Phi) is 5.84. The van der Waals surface area contributed by atoms with Gasteiger partial charge in [-0.3, -0.25) is 4.79 Å². The Morgan fingerprint density at radius 2 is 1.77 bits per heavy atom. The fourth-order valence-electron chi connectivity index (χ4n) is 4.18. The van der Waals surface area contributed by atoms with Gasteiger partial charge in [0.15, 0.2) is 0 Å². The first kappa shape index (κ1) is 20.8. The first-order chi connectivity index (χ1) is 15.0. The van der Waals surface area contributed by atoms with E-state index in [1.807, 2.05) is 38.1 Å². The zero-order valence-electron chi connectivity index (χ0n) is 18.4. The van der Waals surface area contributed by atoms with E-state index in [1.54, 1.807) is 4.68 Å². The van der Waals surface area contributed by atoms with E-state index < -0.39 is 5.92 Å². The maximum Gasteiger partial charge on any atom is 0.248 e. The summed E-state index contributed by atoms with van der Waals surface area (Å²) in [5.74, 6) is -0.0714. The van der Waals surface area contributed by atoms with Gasteiger partial charge in [0.05, 0.1) is 6.04 Å². The Bertz CT molecular complexity index is 1100. The minimum Gasteiger partial charge on any atom is -0.372 e. The average molecular weight is 417 g/mol. The van der Waals surface area contributed by atoms with Crippen LogP contribution in [0.15, 0.2) is 59.9 Å². The van der Waals surface area contributed by atoms with Crippen molar-refractivity contribution in [2.45, 2.75) is 33.7 Å². The number of aromatic nitrogens is 3. The highest BCUT2D eigenvalue weighted by molar-refractivity contribution is 6.10. The van der Waals surface area contributed by atoms with E-state index in [0.717, 1.165) is 41.3 Å². The summed E-state index contributed by atoms with van der Waals surface area (Å²) in [6.07, 6.45) is 1.49. The van der Waals surface area contributed by atoms with E-state index >= 15 is 0 Å². The summed E-state index contributed by atoms with van der Waals surface area (Å²) in [5, 5.41) is 7.50. The summed E-state index contributed by atoms with van der Waals surface area (Å²) in [6, 6.07) is 15.8. The Balaban J connectivity index is 1.71. The van der Waals surface area contributed by atoms with Crippen LogP contribution in [0.3, 0.4) is 0 Å². The van der Waals surface area contributed by atoms with Crippen LogP contribution < -0.4 is 10.2 Å². The molecule has 0 saturated carbocycles. The lowest BCUT2D eigenvalue weighted by molar-refractivity contribution is -0.118. The van der Waals surface area contributed by atoms with Crippen molar-refractivity contribution in [2.75, 3.05) is 23.3 Å². The van der Waals surface area contributed by atoms with Crippen LogP contribution in [0, 0.1) is 12.8 Å². The molecule has 7 heteroatoms. The predicted octanol–water partition coefficient (Wildman–Crippen LogP) is 4.38. The molecule has 0 bridgehead atoms. The fraction of sp³-hybridized carbons (Fsp3) is 0.333. The lowest BCUT2D eigenvalue weighted by Crippen LogP contribution is -2.39. The van der Waals surface area contributed by atoms with E-state index in [-0.39, 0.29) is 11.9 Å². The Hall–Kier alpha value is -3.48. The largest absolute Gasteiger partial charge is 0.372 e. The topological polar surface area (TPSA) is 75.4 Å². The van der Waals surface area contributed by atoms with Crippen molar-refractivity contribution in [1.29, 1.82) is 0 Å². The Morgan fingerprint density at radius 3 is 2.45 bits per heavy atom. The van der Waals surface area contributed by atoms with Crippen LogP contribution in [0.1, 0.15) is 37.9 Å². The molecule has 160 valence electrons. The van der Waals surface area contributed by atoms with Crippen molar-refractivity contribution in [3.8, 4) is 0 Å². The van der Waals surface area contributed by atoms with Gasteiger partial charge in [0.1, 0.15) is 12.2 Å². The SMILES string of the molecule is CCN(CC)c1ccc(C2C(C(=O)Nc3ccccc3C)C(C)=Nc3ncnn32)cc1. The van der Waals surface area contributed by atoms with Crippen LogP contribution in [0.4, 0.5) is 17.3 Å². The van der Waals surface area contributed by atoms with Crippen molar-refractivity contribution >= 4 is 28.9 Å². The van der Waals surface area contributed by atoms with Crippen molar-refractivity contribution < 1.29 is 4.79 Å². The molecule has 1 aliphatic rings. The number of anilines is 2. The number of fused-ring (bicyclic) bond motifs is 1. The zero-order chi connectivity index (χ0) is 22.0. The van der Waals surface area contributed by atoms with Gasteiger partial charge in [0.2, 0.25) is 11.9 Å². The number of benzene rings is 2. The maximum atomic E-state index is 13.5. The van der Waals surface area contributed by atoms with Crippen LogP contribution in [-0.2, 0) is 4.79 Å². The minimum absolute atomic E-state index is 0.102. The number of rotatable bonds is 6. The quantitative estimate of drug-likeness (QED) is 0.647. The summed E-state index contributed by atoms with van der Waals surface area (Å²) in [6.45, 7) is 10.0. The average Bonchev–Trinajstić information content (AvgIpc) is 3.23. The van der Waals surface area contributed by atoms with Gasteiger partial charge < -0.3 is 10.2 Å². The predicted molar refractivity (Wildman–Crippen MR) is 124 cm³/mol. The number of hydrogen-bond donors (Lipinski definition) is 1. The number of nitrogens with zero attached hydrogens (tertiary/aromatic N) is 5. The standard InChI is InChI=1S/C24H28N6O/c1-5-29(6-2)19-13-11-18(12-14-19)22-21(17(4)27-24-25-15-26-30(22)24)23(31)28-20-10-8-7-9-16(20)3/h7-15,21-22H,5-6H2,1-4H3,(H,28,31). The molecule has 3 aromatic rings. The maximum absolute atomic E-state index is 13.5. The van der Waals surface area contributed by atoms with Crippen molar-refractivity contribution in [1.82, 2.24) is 14.8 Å². The first-order valence-corrected chi connectivity index (χ1v) is 10.7. The minimum atomic E-state index is -0.492. The number of amides is 1. The summed E-state index contributed by atoms with van der Waals surface area (Å²) in [4.78, 5) is 24.6. The second-order valence-corrected chi connectivity index (χ2v) is 7.75. The highest BCUT2D eigenvalue weighted by Gasteiger charge is 2.38. The van der Waals surface area contributed by atoms with Crippen molar-refractivity contribution in [2.24, 2.45) is 10.9 Å². The summed E-state index contributed by atoms with van der Waals surface area (Å²) < 4.78 is 1.75. The molecule has 2 unspecified atom stereocenters. The van der Waals surface area contributed by atoms with Crippen LogP contribution in [0.5, 0.6) is 0 Å². The van der Waals surface area contributed by atoms with Gasteiger partial charge in [-0.15, -0.1) is 0 Å². The number of hydrogen-bond acceptors (Lipinski definition) is 5. The summed E-state index contributed by atoms with van der Waals surface area (Å²) >= 11 is 0. The molecular weight excluding hydrogens is 388 g/mol. The normalized spacial score (nSPS) is 17.6. The molecule has 1 aromatic heterocycles. The monoisotopic (exact) mass is 416 g/mol. The molecular formula is C24H28N6O. The molecule has 7 nitrogen and oxygen atoms in total. The molecule has 2 atom stereocenters. The molecule has 0 fully saturated rings. The molecule has 0 spiro atoms. The molecule has 4 rings (SSSR count). The van der Waals surface area contributed by atoms with E-state index in [0.29, 0.717) is 5.95 Å². The third-order valence-corrected chi connectivity index (χ3v) is 5.91. The van der Waals surface area contributed by atoms with Crippen molar-refractivity contribution in [3.05, 3.63) is 66.0 Å². The molecule has 2 heterocycles. The van der Waals surface area contributed by atoms with Gasteiger partial charge in [0, 0.05) is 30.2 Å². The van der Waals surface area contributed by atoms with E-state index in [4.69, 9.17) is 0 Å². The summed E-state index contributed by atoms with van der Waals surface area (Å²) in [7, 11) is 0. The molecule has 2 aromatic carbocycles. The highest BCUT2D eigenvalue weighted by Crippen LogP contribution is 2.36. The fourth-order valence-corrected chi connectivity index (χ4v) is 4.18. The second kappa shape index (κ2) is 8.71.